The molecule has 0 aliphatic rings. The van der Waals surface area contributed by atoms with Gasteiger partial charge in [0, 0.05) is 0 Å². The third-order valence-electron chi connectivity index (χ3n) is 1.22. The van der Waals surface area contributed by atoms with E-state index < -0.39 is 0 Å². The minimum Gasteiger partial charge on any atom is -0.876 e. The molecule has 0 radical (unpaired) electrons. The Hall–Kier alpha value is -1.84. The number of hydrogen-bond acceptors (Lipinski definition) is 6. The molecule has 120 valence electrons. The number of ketones is 3. The summed E-state index contributed by atoms with van der Waals surface area (Å²) in [6.45, 7) is 8.09. The van der Waals surface area contributed by atoms with E-state index in [-0.39, 0.29) is 52.0 Å². The summed E-state index contributed by atoms with van der Waals surface area (Å²) >= 11 is 0. The Morgan fingerprint density at radius 2 is 0.682 bits per heavy atom. The van der Waals surface area contributed by atoms with E-state index in [1.807, 2.05) is 0 Å². The van der Waals surface area contributed by atoms with Gasteiger partial charge < -0.3 is 15.3 Å². The van der Waals surface area contributed by atoms with Crippen LogP contribution in [-0.2, 0) is 14.4 Å². The first-order valence-corrected chi connectivity index (χ1v) is 5.96. The molecule has 0 saturated carbocycles. The molecule has 0 bridgehead atoms. The Labute approximate surface area is 142 Å². The van der Waals surface area contributed by atoms with Crippen LogP contribution in [0.25, 0.3) is 0 Å². The van der Waals surface area contributed by atoms with Crippen molar-refractivity contribution in [1.82, 2.24) is 0 Å². The second-order valence-electron chi connectivity index (χ2n) is 4.10. The Balaban J connectivity index is -0.000000108. The molecule has 0 atom stereocenters. The zero-order valence-electron chi connectivity index (χ0n) is 13.8. The van der Waals surface area contributed by atoms with E-state index in [2.05, 4.69) is 0 Å². The number of rotatable bonds is 3. The zero-order valence-corrected chi connectivity index (χ0v) is 14.9. The molecule has 0 aromatic carbocycles. The topological polar surface area (TPSA) is 120 Å². The fourth-order valence-corrected chi connectivity index (χ4v) is 0.859. The van der Waals surface area contributed by atoms with Crippen LogP contribution in [0.1, 0.15) is 41.5 Å². The fourth-order valence-electron chi connectivity index (χ4n) is 0.859. The molecule has 0 fully saturated rings. The second-order valence-corrected chi connectivity index (χ2v) is 4.10. The molecule has 0 aromatic rings. The largest absolute Gasteiger partial charge is 3.00 e. The van der Waals surface area contributed by atoms with Crippen LogP contribution < -0.4 is 15.3 Å². The number of allylic oxidation sites excluding steroid dienone is 6. The van der Waals surface area contributed by atoms with Crippen molar-refractivity contribution in [1.29, 1.82) is 0 Å². The van der Waals surface area contributed by atoms with E-state index >= 15 is 0 Å². The van der Waals surface area contributed by atoms with Crippen LogP contribution >= 0.6 is 0 Å². The van der Waals surface area contributed by atoms with Crippen molar-refractivity contribution in [2.45, 2.75) is 41.5 Å². The molecule has 0 aromatic heterocycles. The zero-order chi connectivity index (χ0) is 17.6. The average molecular weight is 324 g/mol. The molecular weight excluding hydrogens is 303 g/mol. The summed E-state index contributed by atoms with van der Waals surface area (Å²) in [6, 6.07) is 0. The van der Waals surface area contributed by atoms with Crippen LogP contribution in [0.2, 0.25) is 0 Å². The van der Waals surface area contributed by atoms with Gasteiger partial charge in [-0.25, -0.2) is 0 Å². The van der Waals surface area contributed by atoms with Crippen LogP contribution in [0, 0.1) is 0 Å². The predicted molar refractivity (Wildman–Crippen MR) is 79.1 cm³/mol. The average Bonchev–Trinajstić information content (AvgIpc) is 2.10. The van der Waals surface area contributed by atoms with Gasteiger partial charge in [0.05, 0.1) is 0 Å². The molecule has 0 N–H and O–H groups in total. The molecule has 0 aliphatic carbocycles. The van der Waals surface area contributed by atoms with Gasteiger partial charge >= 0.3 is 17.4 Å². The minimum atomic E-state index is -0.187. The van der Waals surface area contributed by atoms with Crippen molar-refractivity contribution in [2.75, 3.05) is 0 Å². The summed E-state index contributed by atoms with van der Waals surface area (Å²) in [5, 5.41) is 29.9. The maximum Gasteiger partial charge on any atom is 3.00 e. The summed E-state index contributed by atoms with van der Waals surface area (Å²) in [5.74, 6) is -1.12. The SMILES string of the molecule is CC(=O)/C=C(/C)[O-].CC(=O)/C=C(/C)[O-].CC(=O)/C=C(/C)[O-].[Al+3]. The molecular formula is C15H21AlO6. The van der Waals surface area contributed by atoms with E-state index in [1.54, 1.807) is 0 Å². The third kappa shape index (κ3) is 51.8. The van der Waals surface area contributed by atoms with Crippen molar-refractivity contribution in [3.05, 3.63) is 35.5 Å². The molecule has 7 heteroatoms. The van der Waals surface area contributed by atoms with Crippen molar-refractivity contribution < 1.29 is 29.7 Å². The van der Waals surface area contributed by atoms with E-state index in [1.165, 1.54) is 41.5 Å². The van der Waals surface area contributed by atoms with E-state index in [9.17, 15) is 29.7 Å². The number of carbonyl (C=O) groups excluding carboxylic acids is 3. The van der Waals surface area contributed by atoms with Crippen LogP contribution in [0.3, 0.4) is 0 Å². The normalized spacial score (nSPS) is 10.9. The molecule has 0 spiro atoms. The summed E-state index contributed by atoms with van der Waals surface area (Å²) in [5.41, 5.74) is 0. The third-order valence-corrected chi connectivity index (χ3v) is 1.22. The van der Waals surface area contributed by atoms with Gasteiger partial charge in [-0.15, -0.1) is 17.3 Å². The monoisotopic (exact) mass is 324 g/mol. The molecule has 22 heavy (non-hydrogen) atoms. The van der Waals surface area contributed by atoms with E-state index in [4.69, 9.17) is 0 Å². The first-order chi connectivity index (χ1) is 9.38. The summed E-state index contributed by atoms with van der Waals surface area (Å²) < 4.78 is 0. The standard InChI is InChI=1S/3C5H8O2.Al/c3*1-4(6)3-5(2)7;/h3*3,6H,1-2H3;/q;;;+3/p-3/b3*4-3-;. The molecule has 0 saturated heterocycles. The van der Waals surface area contributed by atoms with E-state index in [0.29, 0.717) is 0 Å². The van der Waals surface area contributed by atoms with Crippen molar-refractivity contribution in [3.8, 4) is 0 Å². The second kappa shape index (κ2) is 17.2. The van der Waals surface area contributed by atoms with Gasteiger partial charge in [-0.05, 0) is 39.0 Å². The maximum absolute atomic E-state index is 9.98. The van der Waals surface area contributed by atoms with Crippen molar-refractivity contribution in [3.63, 3.8) is 0 Å². The van der Waals surface area contributed by atoms with E-state index in [0.717, 1.165) is 18.2 Å². The Bertz CT molecular complexity index is 368. The summed E-state index contributed by atoms with van der Waals surface area (Å²) in [7, 11) is 0. The Morgan fingerprint density at radius 1 is 0.545 bits per heavy atom. The van der Waals surface area contributed by atoms with Gasteiger partial charge in [0.1, 0.15) is 0 Å². The Kier molecular flexibility index (Phi) is 22.2. The van der Waals surface area contributed by atoms with Gasteiger partial charge in [-0.1, -0.05) is 20.8 Å². The van der Waals surface area contributed by atoms with Crippen molar-refractivity contribution in [2.24, 2.45) is 0 Å². The summed E-state index contributed by atoms with van der Waals surface area (Å²) in [6.07, 6.45) is 3.17. The minimum absolute atomic E-state index is 0. The maximum atomic E-state index is 9.98. The van der Waals surface area contributed by atoms with Gasteiger partial charge in [-0.3, -0.25) is 14.4 Å². The van der Waals surface area contributed by atoms with Crippen LogP contribution in [-0.4, -0.2) is 34.7 Å². The molecule has 0 unspecified atom stereocenters. The quantitative estimate of drug-likeness (QED) is 0.378. The smallest absolute Gasteiger partial charge is 0.876 e. The van der Waals surface area contributed by atoms with Crippen molar-refractivity contribution >= 4 is 34.7 Å². The molecule has 0 aliphatic heterocycles. The first-order valence-electron chi connectivity index (χ1n) is 5.96. The van der Waals surface area contributed by atoms with Crippen LogP contribution in [0.15, 0.2) is 35.5 Å². The molecule has 0 rings (SSSR count). The molecule has 0 amide bonds. The van der Waals surface area contributed by atoms with Crippen LogP contribution in [0.5, 0.6) is 0 Å². The number of hydrogen-bond donors (Lipinski definition) is 0. The van der Waals surface area contributed by atoms with Gasteiger partial charge in [0.2, 0.25) is 0 Å². The fraction of sp³-hybridized carbons (Fsp3) is 0.400. The number of carbonyl (C=O) groups is 3. The molecule has 6 nitrogen and oxygen atoms in total. The Morgan fingerprint density at radius 3 is 0.682 bits per heavy atom. The van der Waals surface area contributed by atoms with Crippen LogP contribution in [0.4, 0.5) is 0 Å². The van der Waals surface area contributed by atoms with Gasteiger partial charge in [0.15, 0.2) is 17.3 Å². The first kappa shape index (κ1) is 28.3. The molecule has 0 heterocycles. The van der Waals surface area contributed by atoms with Gasteiger partial charge in [0.25, 0.3) is 0 Å². The summed E-state index contributed by atoms with van der Waals surface area (Å²) in [4.78, 5) is 29.9. The predicted octanol–water partition coefficient (Wildman–Crippen LogP) is -0.862. The van der Waals surface area contributed by atoms with Gasteiger partial charge in [-0.2, -0.15) is 0 Å².